The molecule has 6 nitrogen and oxygen atoms in total. The van der Waals surface area contributed by atoms with E-state index in [1.165, 1.54) is 38.6 Å². The molecule has 2 aliphatic rings. The van der Waals surface area contributed by atoms with Crippen molar-refractivity contribution in [2.24, 2.45) is 5.92 Å². The van der Waals surface area contributed by atoms with Crippen LogP contribution in [0.15, 0.2) is 36.0 Å². The fourth-order valence-electron chi connectivity index (χ4n) is 3.13. The molecule has 0 aromatic heterocycles. The number of piperidine rings is 1. The number of carbonyl (C=O) groups excluding carboxylic acids is 2. The van der Waals surface area contributed by atoms with Crippen LogP contribution in [0.5, 0.6) is 0 Å². The summed E-state index contributed by atoms with van der Waals surface area (Å²) in [7, 11) is 0. The zero-order chi connectivity index (χ0) is 18.0. The van der Waals surface area contributed by atoms with Gasteiger partial charge in [0, 0.05) is 44.5 Å². The van der Waals surface area contributed by atoms with Crippen molar-refractivity contribution in [2.45, 2.75) is 39.4 Å². The molecule has 2 saturated heterocycles. The molecule has 0 radical (unpaired) electrons. The summed E-state index contributed by atoms with van der Waals surface area (Å²) in [6.07, 6.45) is 3.83. The van der Waals surface area contributed by atoms with E-state index in [-0.39, 0.29) is 5.57 Å². The molecule has 25 heavy (non-hydrogen) atoms. The molecular formula is C19H24N2O4. The molecule has 1 unspecified atom stereocenters. The zero-order valence-electron chi connectivity index (χ0n) is 14.9. The normalized spacial score (nSPS) is 22.9. The number of nitrogens with zero attached hydrogens (tertiary/aromatic N) is 1. The van der Waals surface area contributed by atoms with Crippen molar-refractivity contribution in [3.05, 3.63) is 36.0 Å². The van der Waals surface area contributed by atoms with Crippen molar-refractivity contribution in [3.63, 3.8) is 0 Å². The Labute approximate surface area is 147 Å². The van der Waals surface area contributed by atoms with Crippen molar-refractivity contribution < 1.29 is 19.1 Å². The van der Waals surface area contributed by atoms with Gasteiger partial charge in [0.05, 0.1) is 0 Å². The summed E-state index contributed by atoms with van der Waals surface area (Å²) in [4.78, 5) is 26.2. The number of ether oxygens (including phenoxy) is 2. The minimum atomic E-state index is -1.22. The van der Waals surface area contributed by atoms with Crippen molar-refractivity contribution in [1.29, 1.82) is 0 Å². The van der Waals surface area contributed by atoms with Gasteiger partial charge in [-0.1, -0.05) is 6.92 Å². The molecule has 1 atom stereocenters. The highest BCUT2D eigenvalue weighted by Gasteiger charge is 2.38. The van der Waals surface area contributed by atoms with Crippen LogP contribution in [-0.2, 0) is 19.1 Å². The maximum Gasteiger partial charge on any atom is 0.350 e. The molecule has 6 heteroatoms. The van der Waals surface area contributed by atoms with E-state index in [9.17, 15) is 9.59 Å². The summed E-state index contributed by atoms with van der Waals surface area (Å²) in [5, 5.41) is 2.96. The van der Waals surface area contributed by atoms with Gasteiger partial charge in [0.2, 0.25) is 0 Å². The Morgan fingerprint density at radius 1 is 1.16 bits per heavy atom. The van der Waals surface area contributed by atoms with Crippen LogP contribution < -0.4 is 10.2 Å². The van der Waals surface area contributed by atoms with Crippen molar-refractivity contribution >= 4 is 23.3 Å². The summed E-state index contributed by atoms with van der Waals surface area (Å²) in [6, 6.07) is 7.93. The summed E-state index contributed by atoms with van der Waals surface area (Å²) >= 11 is 0. The molecule has 0 aliphatic carbocycles. The molecule has 2 aliphatic heterocycles. The van der Waals surface area contributed by atoms with E-state index in [0.717, 1.165) is 18.8 Å². The maximum atomic E-state index is 11.9. The van der Waals surface area contributed by atoms with Crippen LogP contribution in [0.25, 0.3) is 0 Å². The third-order valence-corrected chi connectivity index (χ3v) is 4.39. The summed E-state index contributed by atoms with van der Waals surface area (Å²) in [5.41, 5.74) is 1.82. The lowest BCUT2D eigenvalue weighted by Crippen LogP contribution is -2.42. The third kappa shape index (κ3) is 4.13. The molecule has 1 aromatic carbocycles. The molecule has 0 amide bonds. The predicted octanol–water partition coefficient (Wildman–Crippen LogP) is 3.05. The number of benzene rings is 1. The average Bonchev–Trinajstić information content (AvgIpc) is 2.53. The molecular weight excluding hydrogens is 320 g/mol. The van der Waals surface area contributed by atoms with Gasteiger partial charge in [-0.25, -0.2) is 9.59 Å². The Balaban J connectivity index is 1.65. The summed E-state index contributed by atoms with van der Waals surface area (Å²) in [5.74, 6) is -1.89. The summed E-state index contributed by atoms with van der Waals surface area (Å²) in [6.45, 7) is 7.47. The lowest BCUT2D eigenvalue weighted by molar-refractivity contribution is -0.222. The highest BCUT2D eigenvalue weighted by Crippen LogP contribution is 2.25. The van der Waals surface area contributed by atoms with Crippen molar-refractivity contribution in [1.82, 2.24) is 0 Å². The van der Waals surface area contributed by atoms with Gasteiger partial charge in [-0.05, 0) is 43.0 Å². The van der Waals surface area contributed by atoms with E-state index in [1.54, 1.807) is 0 Å². The second-order valence-corrected chi connectivity index (χ2v) is 7.12. The van der Waals surface area contributed by atoms with Crippen LogP contribution >= 0.6 is 0 Å². The molecule has 0 saturated carbocycles. The molecule has 1 N–H and O–H groups in total. The summed E-state index contributed by atoms with van der Waals surface area (Å²) < 4.78 is 10.1. The molecule has 0 bridgehead atoms. The monoisotopic (exact) mass is 344 g/mol. The van der Waals surface area contributed by atoms with E-state index in [2.05, 4.69) is 17.1 Å². The van der Waals surface area contributed by atoms with Gasteiger partial charge in [-0.2, -0.15) is 0 Å². The lowest BCUT2D eigenvalue weighted by atomic mass is 10.00. The first-order valence-corrected chi connectivity index (χ1v) is 8.62. The number of nitrogens with one attached hydrogen (secondary N) is 1. The Kier molecular flexibility index (Phi) is 4.70. The van der Waals surface area contributed by atoms with Crippen LogP contribution in [0.4, 0.5) is 11.4 Å². The van der Waals surface area contributed by atoms with E-state index in [4.69, 9.17) is 9.47 Å². The van der Waals surface area contributed by atoms with Crippen LogP contribution in [0.2, 0.25) is 0 Å². The number of hydrogen-bond donors (Lipinski definition) is 1. The number of anilines is 2. The van der Waals surface area contributed by atoms with Crippen LogP contribution in [0.1, 0.15) is 33.6 Å². The fourth-order valence-corrected chi connectivity index (χ4v) is 3.13. The quantitative estimate of drug-likeness (QED) is 0.516. The largest absolute Gasteiger partial charge is 0.419 e. The van der Waals surface area contributed by atoms with E-state index in [1.807, 2.05) is 24.3 Å². The minimum Gasteiger partial charge on any atom is -0.419 e. The maximum absolute atomic E-state index is 11.9. The van der Waals surface area contributed by atoms with Gasteiger partial charge in [-0.15, -0.1) is 0 Å². The van der Waals surface area contributed by atoms with Gasteiger partial charge in [0.15, 0.2) is 5.57 Å². The van der Waals surface area contributed by atoms with E-state index in [0.29, 0.717) is 5.92 Å². The number of esters is 2. The first-order valence-electron chi connectivity index (χ1n) is 8.62. The fraction of sp³-hybridized carbons (Fsp3) is 0.474. The molecule has 1 aromatic rings. The predicted molar refractivity (Wildman–Crippen MR) is 95.0 cm³/mol. The molecule has 0 spiro atoms. The SMILES string of the molecule is CC1CCCN(c2ccc(NC=C3C(=O)OC(C)(C)OC3=O)cc2)C1. The van der Waals surface area contributed by atoms with Crippen molar-refractivity contribution in [3.8, 4) is 0 Å². The van der Waals surface area contributed by atoms with Gasteiger partial charge < -0.3 is 19.7 Å². The number of cyclic esters (lactones) is 2. The van der Waals surface area contributed by atoms with Gasteiger partial charge >= 0.3 is 11.9 Å². The van der Waals surface area contributed by atoms with Crippen LogP contribution in [0.3, 0.4) is 0 Å². The molecule has 2 heterocycles. The Morgan fingerprint density at radius 2 is 1.80 bits per heavy atom. The van der Waals surface area contributed by atoms with Crippen molar-refractivity contribution in [2.75, 3.05) is 23.3 Å². The van der Waals surface area contributed by atoms with Gasteiger partial charge in [0.1, 0.15) is 0 Å². The second kappa shape index (κ2) is 6.78. The minimum absolute atomic E-state index is 0.145. The number of rotatable bonds is 3. The standard InChI is InChI=1S/C19H24N2O4/c1-13-5-4-10-21(12-13)15-8-6-14(7-9-15)20-11-16-17(22)24-19(2,3)25-18(16)23/h6-9,11,13,20H,4-5,10,12H2,1-3H3. The first kappa shape index (κ1) is 17.3. The number of carbonyl (C=O) groups is 2. The highest BCUT2D eigenvalue weighted by atomic mass is 16.7. The Bertz CT molecular complexity index is 672. The highest BCUT2D eigenvalue weighted by molar-refractivity contribution is 6.15. The number of hydrogen-bond acceptors (Lipinski definition) is 6. The van der Waals surface area contributed by atoms with Crippen LogP contribution in [0, 0.1) is 5.92 Å². The topological polar surface area (TPSA) is 67.9 Å². The van der Waals surface area contributed by atoms with Crippen LogP contribution in [-0.4, -0.2) is 30.8 Å². The molecule has 2 fully saturated rings. The third-order valence-electron chi connectivity index (χ3n) is 4.39. The van der Waals surface area contributed by atoms with Gasteiger partial charge in [-0.3, -0.25) is 0 Å². The zero-order valence-corrected chi connectivity index (χ0v) is 14.9. The Hall–Kier alpha value is -2.50. The van der Waals surface area contributed by atoms with Gasteiger partial charge in [0.25, 0.3) is 5.79 Å². The average molecular weight is 344 g/mol. The molecule has 134 valence electrons. The second-order valence-electron chi connectivity index (χ2n) is 7.12. The smallest absolute Gasteiger partial charge is 0.350 e. The molecule has 3 rings (SSSR count). The van der Waals surface area contributed by atoms with E-state index < -0.39 is 17.7 Å². The first-order chi connectivity index (χ1) is 11.8. The Morgan fingerprint density at radius 3 is 2.40 bits per heavy atom. The lowest BCUT2D eigenvalue weighted by Gasteiger charge is -2.32. The van der Waals surface area contributed by atoms with E-state index >= 15 is 0 Å².